The second kappa shape index (κ2) is 41.6. The number of allylic oxidation sites excluding steroid dienone is 2. The predicted octanol–water partition coefficient (Wildman–Crippen LogP) is 14.8. The average molecular weight is 1910 g/mol. The third kappa shape index (κ3) is 21.1. The number of hydrogen-bond donors (Lipinski definition) is 3. The van der Waals surface area contributed by atoms with Crippen LogP contribution in [0.5, 0.6) is 0 Å². The lowest BCUT2D eigenvalue weighted by molar-refractivity contribution is -0.0577. The smallest absolute Gasteiger partial charge is 0.280 e. The molecule has 4 fully saturated rings. The van der Waals surface area contributed by atoms with Crippen molar-refractivity contribution in [2.75, 3.05) is 55.4 Å². The number of fused-ring (bicyclic) bond motifs is 12. The van der Waals surface area contributed by atoms with Crippen LogP contribution in [0.1, 0.15) is 146 Å². The van der Waals surface area contributed by atoms with Gasteiger partial charge in [0, 0.05) is 24.2 Å². The topological polar surface area (TPSA) is 365 Å². The van der Waals surface area contributed by atoms with E-state index in [1.54, 1.807) is 48.5 Å². The average Bonchev–Trinajstić information content (AvgIpc) is 1.61. The van der Waals surface area contributed by atoms with Crippen LogP contribution in [0.15, 0.2) is 136 Å². The largest absolute Gasteiger partial charge is 0.408 e. The summed E-state index contributed by atoms with van der Waals surface area (Å²) in [5.41, 5.74) is 4.55. The normalized spacial score (nSPS) is 28.8. The molecule has 2 amide bonds. The zero-order chi connectivity index (χ0) is 88.5. The van der Waals surface area contributed by atoms with E-state index >= 15 is 17.6 Å². The van der Waals surface area contributed by atoms with Crippen LogP contribution in [0.4, 0.5) is 29.2 Å². The van der Waals surface area contributed by atoms with Crippen LogP contribution in [-0.4, -0.2) is 236 Å². The maximum absolute atomic E-state index is 17.0. The van der Waals surface area contributed by atoms with Crippen molar-refractivity contribution in [1.82, 2.24) is 78.1 Å². The number of amides is 2. The van der Waals surface area contributed by atoms with Gasteiger partial charge in [-0.25, -0.2) is 77.4 Å². The number of thiol groups is 1. The Morgan fingerprint density at radius 1 is 0.528 bits per heavy atom. The Hall–Kier alpha value is -7.34. The molecule has 18 atom stereocenters. The number of hydrogen-bond acceptors (Lipinski definition) is 27. The first-order valence-corrected chi connectivity index (χ1v) is 52.8. The van der Waals surface area contributed by atoms with Crippen LogP contribution in [0.25, 0.3) is 44.7 Å². The van der Waals surface area contributed by atoms with E-state index < -0.39 is 147 Å². The van der Waals surface area contributed by atoms with E-state index in [1.165, 1.54) is 78.7 Å². The second-order valence-electron chi connectivity index (χ2n) is 33.6. The molecule has 14 heterocycles. The number of imidazole rings is 4. The van der Waals surface area contributed by atoms with Crippen molar-refractivity contribution in [1.29, 1.82) is 0 Å². The molecular formula is C82H112F4N18O15P2S4Si2. The van der Waals surface area contributed by atoms with Crippen LogP contribution in [0, 0.1) is 0 Å². The third-order valence-electron chi connectivity index (χ3n) is 23.5. The lowest BCUT2D eigenvalue weighted by atomic mass is 10.1. The predicted molar refractivity (Wildman–Crippen MR) is 493 cm³/mol. The van der Waals surface area contributed by atoms with E-state index in [4.69, 9.17) is 58.1 Å². The maximum Gasteiger partial charge on any atom is 0.280 e. The van der Waals surface area contributed by atoms with Gasteiger partial charge in [0.15, 0.2) is 111 Å². The number of aliphatic hydroxyl groups is 1. The summed E-state index contributed by atoms with van der Waals surface area (Å²) in [6.45, 7) is 17.2. The summed E-state index contributed by atoms with van der Waals surface area (Å²) in [6, 6.07) is 17.5. The van der Waals surface area contributed by atoms with E-state index in [9.17, 15) is 24.2 Å². The molecule has 6 aliphatic heterocycles. The molecule has 8 aromatic heterocycles. The summed E-state index contributed by atoms with van der Waals surface area (Å²) in [7, 11) is -5.24. The van der Waals surface area contributed by atoms with Crippen LogP contribution in [0.2, 0.25) is 36.3 Å². The zero-order valence-corrected chi connectivity index (χ0v) is 79.4. The third-order valence-corrected chi connectivity index (χ3v) is 35.8. The lowest BCUT2D eigenvalue weighted by Gasteiger charge is -2.39. The highest BCUT2D eigenvalue weighted by Gasteiger charge is 2.56. The number of carbonyl (C=O) groups is 2. The molecule has 6 aliphatic rings. The van der Waals surface area contributed by atoms with Gasteiger partial charge in [-0.2, -0.15) is 27.0 Å². The van der Waals surface area contributed by atoms with Crippen molar-refractivity contribution in [3.05, 3.63) is 158 Å². The van der Waals surface area contributed by atoms with Gasteiger partial charge in [0.05, 0.1) is 62.6 Å². The van der Waals surface area contributed by atoms with Gasteiger partial charge in [-0.3, -0.25) is 42.2 Å². The molecule has 4 saturated heterocycles. The summed E-state index contributed by atoms with van der Waals surface area (Å²) in [5, 5.41) is 9.62. The molecule has 10 aromatic rings. The number of halogens is 4. The molecule has 0 radical (unpaired) electrons. The van der Waals surface area contributed by atoms with Gasteiger partial charge >= 0.3 is 0 Å². The fourth-order valence-electron chi connectivity index (χ4n) is 15.0. The summed E-state index contributed by atoms with van der Waals surface area (Å²) < 4.78 is 148. The Bertz CT molecular complexity index is 5260. The number of aliphatic hydroxyl groups excluding tert-OH is 1. The van der Waals surface area contributed by atoms with E-state index in [1.807, 2.05) is 125 Å². The van der Waals surface area contributed by atoms with Crippen molar-refractivity contribution in [2.45, 2.75) is 237 Å². The van der Waals surface area contributed by atoms with Gasteiger partial charge in [0.25, 0.3) is 18.4 Å². The minimum Gasteiger partial charge on any atom is -0.408 e. The summed E-state index contributed by atoms with van der Waals surface area (Å²) >= 11 is 9.78. The number of ether oxygens (including phenoxy) is 6. The van der Waals surface area contributed by atoms with Crippen LogP contribution in [0.3, 0.4) is 0 Å². The van der Waals surface area contributed by atoms with Gasteiger partial charge in [-0.05, 0) is 104 Å². The van der Waals surface area contributed by atoms with E-state index in [2.05, 4.69) is 72.1 Å². The van der Waals surface area contributed by atoms with Gasteiger partial charge in [-0.15, -0.1) is 0 Å². The maximum atomic E-state index is 17.0. The molecule has 16 rings (SSSR count). The minimum absolute atomic E-state index is 0. The SMILES string of the molecule is C.CC.CC(C)(C)[Si](C)(C)O[C@@H]1[C@H]2COCP(O)(=S)O[C@@H]3[C@@H](CO)OC([C@@H]3F)n3cnc4c(ncnc43)CC/C=C/CN(C(=O)c3ccccc3)c3ncnc4c3ncn4C(O2)[C@@H]1F.CC[C@H]1OC2[C@H](F)[C@@H]1OP(=O)(S)COC[C@H]1OC([C@H](F)[C@@H]1O[Si](C)(C)C(C)(C)C)n1cnc3c(ncnc31)N(C(=O)c1ccccc1)C/C=C/CCc1ncnc3c1ncn32.S.S. The summed E-state index contributed by atoms with van der Waals surface area (Å²) in [5.74, 6) is -0.256. The number of aromatic nitrogens is 16. The zero-order valence-electron chi connectivity index (χ0n) is 71.9. The Morgan fingerprint density at radius 3 is 1.28 bits per heavy atom. The van der Waals surface area contributed by atoms with Crippen molar-refractivity contribution >= 4 is 149 Å². The van der Waals surface area contributed by atoms with Crippen molar-refractivity contribution in [3.63, 3.8) is 0 Å². The van der Waals surface area contributed by atoms with Gasteiger partial charge in [0.2, 0.25) is 6.49 Å². The van der Waals surface area contributed by atoms with Gasteiger partial charge < -0.3 is 56.3 Å². The molecule has 2 aromatic carbocycles. The molecule has 45 heteroatoms. The molecule has 0 spiro atoms. The van der Waals surface area contributed by atoms with E-state index in [0.717, 1.165) is 0 Å². The molecule has 24 bridgehead atoms. The Balaban J connectivity index is 0.000000236. The molecule has 6 unspecified atom stereocenters. The molecule has 0 aliphatic carbocycles. The highest BCUT2D eigenvalue weighted by molar-refractivity contribution is 8.46. The van der Waals surface area contributed by atoms with Crippen LogP contribution < -0.4 is 9.80 Å². The molecule has 0 saturated carbocycles. The van der Waals surface area contributed by atoms with E-state index in [-0.39, 0.29) is 117 Å². The summed E-state index contributed by atoms with van der Waals surface area (Å²) in [4.78, 5) is 96.5. The van der Waals surface area contributed by atoms with Crippen molar-refractivity contribution in [3.8, 4) is 0 Å². The number of anilines is 2. The molecule has 2 N–H and O–H groups in total. The van der Waals surface area contributed by atoms with E-state index in [0.29, 0.717) is 76.9 Å². The highest BCUT2D eigenvalue weighted by atomic mass is 32.7. The first-order valence-electron chi connectivity index (χ1n) is 41.2. The monoisotopic (exact) mass is 1910 g/mol. The number of carbonyl (C=O) groups excluding carboxylic acids is 2. The molecule has 127 heavy (non-hydrogen) atoms. The number of rotatable bonds is 8. The number of alkyl halides is 4. The lowest BCUT2D eigenvalue weighted by Crippen LogP contribution is -2.49. The molecule has 33 nitrogen and oxygen atoms in total. The highest BCUT2D eigenvalue weighted by Crippen LogP contribution is 2.57. The Labute approximate surface area is 760 Å². The van der Waals surface area contributed by atoms with Gasteiger partial charge in [-0.1, -0.05) is 143 Å². The van der Waals surface area contributed by atoms with Crippen molar-refractivity contribution < 1.29 is 88.0 Å². The fourth-order valence-corrected chi connectivity index (χ4v) is 20.8. The van der Waals surface area contributed by atoms with Crippen LogP contribution >= 0.6 is 52.3 Å². The van der Waals surface area contributed by atoms with Crippen molar-refractivity contribution in [2.24, 2.45) is 0 Å². The minimum atomic E-state index is -3.95. The standard InChI is InChI=1S/C40H50F2N9O7PSSi.C39H48F2N9O8PSSi.C2H6.CH4.2H2S/c1-7-26-32-28(41)38(55-26)50-21-47-30-25(43-19-44-34(30)50)16-12-9-13-17-49(37(52)24-14-10-8-11-15-24)35-31-36(46-20-45-35)51(22-48-31)39-29(42)33(58-61(5,6)40(2,3)4)27(56-39)18-54-23-59(53,60)57-32;1-39(2,3)61(4,5)58-32-26-17-54-22-59(53,60)57-31-25(16-51)55-37(27(31)40)49-20-46-29-24(42-18-43-33(29)49)14-10-7-11-15-48(36(52)23-12-8-6-9-13-23)34-30-35(45-19-44-34)50(21-47-30)38(56-26)28(32)41;1-2;;;/h8-11,13-15,19-22,26-29,32-33,38-39H,7,12,16-18,23H2,1-6H3,(H,53,60);6-9,11-13,18-21,25-28,31-32,37-38,51H,10,14-17,22H2,1-5H3,(H,53,60);1-2H3;1H4;2*1H2/b13-9+;11-7+;;;;/t26-,27-,28-,29-,32-,33-,38?,39?,59?;25-,26-,27-,28-,31-,32-,37?,38?,59?;;;;/m11..../s1. The number of benzene rings is 2. The summed E-state index contributed by atoms with van der Waals surface area (Å²) in [6.07, 6.45) is -1.67. The number of nitrogens with zero attached hydrogens (tertiary/aromatic N) is 18. The second-order valence-corrected chi connectivity index (χ2v) is 50.2. The van der Waals surface area contributed by atoms with Gasteiger partial charge in [0.1, 0.15) is 91.8 Å². The molecular weight excluding hydrogens is 1800 g/mol. The Morgan fingerprint density at radius 2 is 0.890 bits per heavy atom. The first-order chi connectivity index (χ1) is 59.2. The molecule has 690 valence electrons. The first kappa shape index (κ1) is 100. The number of aryl methyl sites for hydroxylation is 2. The fraction of sp³-hybridized carbons (Fsp3) is 0.537. The quantitative estimate of drug-likeness (QED) is 0.0418. The Kier molecular flexibility index (Phi) is 32.8. The van der Waals surface area contributed by atoms with Crippen LogP contribution in [-0.2, 0) is 75.5 Å².